The summed E-state index contributed by atoms with van der Waals surface area (Å²) in [5, 5.41) is 7.40. The summed E-state index contributed by atoms with van der Waals surface area (Å²) in [6.07, 6.45) is 6.45. The number of fused-ring (bicyclic) bond motifs is 1. The quantitative estimate of drug-likeness (QED) is 0.261. The summed E-state index contributed by atoms with van der Waals surface area (Å²) in [5.74, 6) is 0.0815. The first-order chi connectivity index (χ1) is 18.7. The number of benzene rings is 2. The molecular weight excluding hydrogens is 538 g/mol. The third-order valence-electron chi connectivity index (χ3n) is 6.84. The van der Waals surface area contributed by atoms with Gasteiger partial charge in [-0.05, 0) is 81.2 Å². The number of aromatic nitrogens is 3. The number of halogens is 1. The molecule has 1 aliphatic heterocycles. The summed E-state index contributed by atoms with van der Waals surface area (Å²) >= 11 is 6.08. The Morgan fingerprint density at radius 1 is 1.10 bits per heavy atom. The van der Waals surface area contributed by atoms with E-state index in [1.807, 2.05) is 6.92 Å². The van der Waals surface area contributed by atoms with Gasteiger partial charge in [0.25, 0.3) is 15.9 Å². The Kier molecular flexibility index (Phi) is 7.74. The van der Waals surface area contributed by atoms with Gasteiger partial charge in [0.1, 0.15) is 16.3 Å². The van der Waals surface area contributed by atoms with E-state index in [1.54, 1.807) is 36.5 Å². The molecule has 5 rings (SSSR count). The first-order valence-electron chi connectivity index (χ1n) is 12.8. The number of nitrogens with one attached hydrogen (secondary N) is 2. The van der Waals surface area contributed by atoms with Crippen molar-refractivity contribution in [1.29, 1.82) is 0 Å². The van der Waals surface area contributed by atoms with Crippen LogP contribution in [0, 0.1) is 6.92 Å². The van der Waals surface area contributed by atoms with Crippen molar-refractivity contribution in [1.82, 2.24) is 24.8 Å². The van der Waals surface area contributed by atoms with Gasteiger partial charge in [-0.1, -0.05) is 29.8 Å². The van der Waals surface area contributed by atoms with Crippen LogP contribution < -0.4 is 15.8 Å². The molecule has 204 valence electrons. The largest absolute Gasteiger partial charge is 0.383 e. The minimum atomic E-state index is -3.87. The number of rotatable bonds is 9. The van der Waals surface area contributed by atoms with Crippen LogP contribution in [-0.2, 0) is 10.0 Å². The molecule has 0 radical (unpaired) electrons. The number of carbonyl (C=O) groups excluding carboxylic acids is 1. The first-order valence-corrected chi connectivity index (χ1v) is 14.6. The number of amides is 1. The normalized spacial score (nSPS) is 14.1. The van der Waals surface area contributed by atoms with E-state index < -0.39 is 10.0 Å². The minimum absolute atomic E-state index is 0.00240. The maximum absolute atomic E-state index is 12.8. The minimum Gasteiger partial charge on any atom is -0.383 e. The predicted octanol–water partition coefficient (Wildman–Crippen LogP) is 3.96. The van der Waals surface area contributed by atoms with E-state index in [1.165, 1.54) is 35.7 Å². The molecule has 12 heteroatoms. The molecule has 39 heavy (non-hydrogen) atoms. The van der Waals surface area contributed by atoms with Crippen LogP contribution in [-0.4, -0.2) is 60.0 Å². The molecule has 4 N–H and O–H groups in total. The number of hydrogen-bond donors (Lipinski definition) is 3. The van der Waals surface area contributed by atoms with Crippen molar-refractivity contribution in [3.8, 4) is 11.1 Å². The standard InChI is InChI=1S/C27H30ClN7O3S/c1-18-15-19(33-39(37,38)24-8-3-2-7-23(24)28)9-10-20(18)21-16-31-26-22(17-32-35(26)25(21)29)27(36)30-11-6-14-34-12-4-5-13-34/h2-3,7-10,15-17,33H,4-6,11-14,29H2,1H3,(H,30,36). The van der Waals surface area contributed by atoms with Gasteiger partial charge in [-0.2, -0.15) is 9.61 Å². The average molecular weight is 568 g/mol. The third kappa shape index (κ3) is 5.70. The average Bonchev–Trinajstić information content (AvgIpc) is 3.58. The van der Waals surface area contributed by atoms with E-state index in [9.17, 15) is 13.2 Å². The zero-order valence-corrected chi connectivity index (χ0v) is 23.1. The summed E-state index contributed by atoms with van der Waals surface area (Å²) in [4.78, 5) is 19.7. The maximum atomic E-state index is 12.8. The molecule has 10 nitrogen and oxygen atoms in total. The van der Waals surface area contributed by atoms with Crippen LogP contribution in [0.25, 0.3) is 16.8 Å². The number of anilines is 2. The Labute approximate surface area is 232 Å². The number of nitrogens with two attached hydrogens (primary N) is 1. The van der Waals surface area contributed by atoms with Crippen LogP contribution in [0.5, 0.6) is 0 Å². The highest BCUT2D eigenvalue weighted by atomic mass is 35.5. The van der Waals surface area contributed by atoms with E-state index in [-0.39, 0.29) is 15.8 Å². The van der Waals surface area contributed by atoms with Gasteiger partial charge in [0.05, 0.1) is 11.2 Å². The van der Waals surface area contributed by atoms with Crippen LogP contribution in [0.1, 0.15) is 35.2 Å². The molecule has 0 saturated carbocycles. The van der Waals surface area contributed by atoms with Crippen LogP contribution in [0.4, 0.5) is 11.5 Å². The molecule has 0 bridgehead atoms. The van der Waals surface area contributed by atoms with E-state index in [0.29, 0.717) is 34.8 Å². The van der Waals surface area contributed by atoms with E-state index in [4.69, 9.17) is 17.3 Å². The lowest BCUT2D eigenvalue weighted by molar-refractivity contribution is 0.0953. The third-order valence-corrected chi connectivity index (χ3v) is 8.72. The highest BCUT2D eigenvalue weighted by Crippen LogP contribution is 2.32. The number of hydrogen-bond acceptors (Lipinski definition) is 7. The van der Waals surface area contributed by atoms with Crippen LogP contribution in [0.15, 0.2) is 59.8 Å². The Hall–Kier alpha value is -3.67. The van der Waals surface area contributed by atoms with Crippen LogP contribution in [0.2, 0.25) is 5.02 Å². The molecule has 0 unspecified atom stereocenters. The molecule has 2 aromatic heterocycles. The number of nitrogen functional groups attached to an aromatic ring is 1. The van der Waals surface area contributed by atoms with Crippen molar-refractivity contribution in [2.24, 2.45) is 0 Å². The van der Waals surface area contributed by atoms with Gasteiger partial charge in [-0.25, -0.2) is 13.4 Å². The monoisotopic (exact) mass is 567 g/mol. The summed E-state index contributed by atoms with van der Waals surface area (Å²) < 4.78 is 29.6. The van der Waals surface area contributed by atoms with Gasteiger partial charge in [0.2, 0.25) is 0 Å². The second-order valence-electron chi connectivity index (χ2n) is 9.57. The molecule has 1 saturated heterocycles. The van der Waals surface area contributed by atoms with Crippen LogP contribution in [0.3, 0.4) is 0 Å². The van der Waals surface area contributed by atoms with Gasteiger partial charge in [-0.15, -0.1) is 0 Å². The predicted molar refractivity (Wildman–Crippen MR) is 152 cm³/mol. The van der Waals surface area contributed by atoms with E-state index in [2.05, 4.69) is 25.0 Å². The number of carbonyl (C=O) groups is 1. The second-order valence-corrected chi connectivity index (χ2v) is 11.6. The van der Waals surface area contributed by atoms with Crippen molar-refractivity contribution >= 4 is 44.7 Å². The van der Waals surface area contributed by atoms with E-state index >= 15 is 0 Å². The van der Waals surface area contributed by atoms with Gasteiger partial charge >= 0.3 is 0 Å². The Morgan fingerprint density at radius 3 is 2.62 bits per heavy atom. The lowest BCUT2D eigenvalue weighted by atomic mass is 10.0. The van der Waals surface area contributed by atoms with E-state index in [0.717, 1.165) is 37.2 Å². The zero-order valence-electron chi connectivity index (χ0n) is 21.5. The molecule has 4 aromatic rings. The van der Waals surface area contributed by atoms with Gasteiger partial charge in [0.15, 0.2) is 5.65 Å². The highest BCUT2D eigenvalue weighted by Gasteiger charge is 2.20. The molecule has 0 spiro atoms. The Bertz CT molecular complexity index is 1630. The van der Waals surface area contributed by atoms with Gasteiger partial charge in [-0.3, -0.25) is 9.52 Å². The van der Waals surface area contributed by atoms with Gasteiger partial charge in [0, 0.05) is 24.0 Å². The molecule has 1 aliphatic rings. The molecule has 0 atom stereocenters. The summed E-state index contributed by atoms with van der Waals surface area (Å²) in [6, 6.07) is 11.4. The molecule has 0 aliphatic carbocycles. The van der Waals surface area contributed by atoms with Gasteiger partial charge < -0.3 is 16.0 Å². The van der Waals surface area contributed by atoms with Crippen molar-refractivity contribution in [3.63, 3.8) is 0 Å². The number of aryl methyl sites for hydroxylation is 1. The van der Waals surface area contributed by atoms with Crippen LogP contribution >= 0.6 is 11.6 Å². The lowest BCUT2D eigenvalue weighted by Crippen LogP contribution is -2.28. The highest BCUT2D eigenvalue weighted by molar-refractivity contribution is 7.92. The molecule has 1 fully saturated rings. The van der Waals surface area contributed by atoms with Crippen molar-refractivity contribution < 1.29 is 13.2 Å². The number of likely N-dealkylation sites (tertiary alicyclic amines) is 1. The summed E-state index contributed by atoms with van der Waals surface area (Å²) in [5.41, 5.74) is 9.70. The second kappa shape index (κ2) is 11.2. The fourth-order valence-corrected chi connectivity index (χ4v) is 6.39. The van der Waals surface area contributed by atoms with Crippen molar-refractivity contribution in [3.05, 3.63) is 71.0 Å². The maximum Gasteiger partial charge on any atom is 0.263 e. The van der Waals surface area contributed by atoms with Crippen molar-refractivity contribution in [2.45, 2.75) is 31.1 Å². The topological polar surface area (TPSA) is 135 Å². The van der Waals surface area contributed by atoms with Crippen molar-refractivity contribution in [2.75, 3.05) is 36.6 Å². The Balaban J connectivity index is 1.32. The molecule has 1 amide bonds. The molecular formula is C27H30ClN7O3S. The molecule has 3 heterocycles. The number of nitrogens with zero attached hydrogens (tertiary/aromatic N) is 4. The lowest BCUT2D eigenvalue weighted by Gasteiger charge is -2.14. The smallest absolute Gasteiger partial charge is 0.263 e. The fourth-order valence-electron chi connectivity index (χ4n) is 4.82. The SMILES string of the molecule is Cc1cc(NS(=O)(=O)c2ccccc2Cl)ccc1-c1cnc2c(C(=O)NCCCN3CCCC3)cnn2c1N. The number of sulfonamides is 1. The fraction of sp³-hybridized carbons (Fsp3) is 0.296. The molecule has 2 aromatic carbocycles. The summed E-state index contributed by atoms with van der Waals surface area (Å²) in [6.45, 7) is 5.66. The Morgan fingerprint density at radius 2 is 1.87 bits per heavy atom. The summed E-state index contributed by atoms with van der Waals surface area (Å²) in [7, 11) is -3.87. The zero-order chi connectivity index (χ0) is 27.6. The first kappa shape index (κ1) is 26.9.